The maximum Gasteiger partial charge on any atom is 0.411 e. The normalized spacial score (nSPS) is 16.3. The molecule has 3 aliphatic heterocycles. The summed E-state index contributed by atoms with van der Waals surface area (Å²) in [5.41, 5.74) is 5.30. The van der Waals surface area contributed by atoms with Gasteiger partial charge in [-0.25, -0.2) is 4.79 Å². The van der Waals surface area contributed by atoms with Gasteiger partial charge < -0.3 is 30.1 Å². The first-order chi connectivity index (χ1) is 31.3. The summed E-state index contributed by atoms with van der Waals surface area (Å²) in [5, 5.41) is 37.6. The van der Waals surface area contributed by atoms with Crippen LogP contribution in [0.25, 0.3) is 17.1 Å². The van der Waals surface area contributed by atoms with Crippen LogP contribution in [0.15, 0.2) is 78.9 Å². The molecule has 1 atom stereocenters. The maximum atomic E-state index is 13.7. The summed E-state index contributed by atoms with van der Waals surface area (Å²) < 4.78 is 7.00. The number of hydrogen-bond acceptors (Lipinski definition) is 12. The Balaban J connectivity index is 0.849. The minimum Gasteiger partial charge on any atom is -0.508 e. The second kappa shape index (κ2) is 18.6. The number of carbonyl (C=O) groups excluding carboxylic acids is 6. The van der Waals surface area contributed by atoms with E-state index in [1.54, 1.807) is 77.4 Å². The summed E-state index contributed by atoms with van der Waals surface area (Å²) in [5.74, 6) is -1.72. The third-order valence-electron chi connectivity index (χ3n) is 11.9. The fraction of sp³-hybridized carbons (Fsp3) is 0.319. The van der Waals surface area contributed by atoms with Gasteiger partial charge in [-0.3, -0.25) is 44.1 Å². The van der Waals surface area contributed by atoms with Crippen LogP contribution in [-0.2, 0) is 34.0 Å². The summed E-state index contributed by atoms with van der Waals surface area (Å²) in [7, 11) is 0. The van der Waals surface area contributed by atoms with Gasteiger partial charge in [0.1, 0.15) is 18.1 Å². The number of rotatable bonds is 11. The van der Waals surface area contributed by atoms with E-state index in [0.717, 1.165) is 11.1 Å². The van der Waals surface area contributed by atoms with Crippen LogP contribution < -0.4 is 16.0 Å². The molecule has 0 spiro atoms. The molecule has 6 amide bonds. The van der Waals surface area contributed by atoms with Crippen molar-refractivity contribution < 1.29 is 43.7 Å². The maximum absolute atomic E-state index is 13.7. The van der Waals surface area contributed by atoms with Gasteiger partial charge in [-0.05, 0) is 90.0 Å². The van der Waals surface area contributed by atoms with Gasteiger partial charge in [0.15, 0.2) is 5.82 Å². The van der Waals surface area contributed by atoms with E-state index >= 15 is 0 Å². The van der Waals surface area contributed by atoms with Crippen LogP contribution in [0.1, 0.15) is 93.1 Å². The number of benzene rings is 4. The molecule has 3 aliphatic rings. The van der Waals surface area contributed by atoms with Gasteiger partial charge in [-0.15, -0.1) is 10.2 Å². The smallest absolute Gasteiger partial charge is 0.411 e. The molecule has 2 fully saturated rings. The number of phenolic OH excluding ortho intramolecular Hbond substituents is 2. The van der Waals surface area contributed by atoms with Gasteiger partial charge in [0.2, 0.25) is 17.6 Å². The SMILES string of the molecule is CCNC(=O)c1nnc(-c2cc(C(C)C)c(O)cc2O)n1-c1ccc(C(=O)N2CCN(C(=O)c3ccc(COC(=O)Nc4cccc5c4CN(C4CCC(=O)NC4=O)C5)cc3)CC2)cc1. The summed E-state index contributed by atoms with van der Waals surface area (Å²) in [6.07, 6.45) is 0.0807. The third kappa shape index (κ3) is 9.24. The number of ether oxygens (including phenoxy) is 1. The molecule has 5 aromatic rings. The lowest BCUT2D eigenvalue weighted by molar-refractivity contribution is -0.137. The summed E-state index contributed by atoms with van der Waals surface area (Å²) in [6, 6.07) is 21.4. The second-order valence-corrected chi connectivity index (χ2v) is 16.5. The molecule has 0 aliphatic carbocycles. The van der Waals surface area contributed by atoms with Crippen molar-refractivity contribution in [2.24, 2.45) is 0 Å². The zero-order valence-electron chi connectivity index (χ0n) is 36.2. The topological polar surface area (TPSA) is 229 Å². The monoisotopic (exact) mass is 883 g/mol. The minimum atomic E-state index is -0.650. The first-order valence-corrected chi connectivity index (χ1v) is 21.5. The van der Waals surface area contributed by atoms with Gasteiger partial charge >= 0.3 is 6.09 Å². The average molecular weight is 884 g/mol. The number of anilines is 1. The number of aromatic hydroxyl groups is 2. The van der Waals surface area contributed by atoms with Crippen LogP contribution in [-0.4, -0.2) is 114 Å². The van der Waals surface area contributed by atoms with Gasteiger partial charge in [0, 0.05) is 80.8 Å². The number of piperazine rings is 1. The number of phenols is 2. The molecule has 4 heterocycles. The Kier molecular flexibility index (Phi) is 12.6. The van der Waals surface area contributed by atoms with Crippen molar-refractivity contribution >= 4 is 41.3 Å². The molecule has 8 rings (SSSR count). The number of nitrogens with zero attached hydrogens (tertiary/aromatic N) is 6. The number of piperidine rings is 1. The first kappa shape index (κ1) is 44.0. The number of amides is 6. The van der Waals surface area contributed by atoms with Gasteiger partial charge in [-0.1, -0.05) is 38.1 Å². The Morgan fingerprint density at radius 1 is 0.846 bits per heavy atom. The Morgan fingerprint density at radius 3 is 2.14 bits per heavy atom. The molecule has 18 nitrogen and oxygen atoms in total. The van der Waals surface area contributed by atoms with Gasteiger partial charge in [0.05, 0.1) is 11.6 Å². The van der Waals surface area contributed by atoms with Crippen LogP contribution in [0.2, 0.25) is 0 Å². The molecule has 0 radical (unpaired) electrons. The van der Waals surface area contributed by atoms with Crippen LogP contribution in [0.4, 0.5) is 10.5 Å². The van der Waals surface area contributed by atoms with Crippen molar-refractivity contribution in [3.8, 4) is 28.6 Å². The highest BCUT2D eigenvalue weighted by Crippen LogP contribution is 2.38. The van der Waals surface area contributed by atoms with Crippen molar-refractivity contribution in [2.45, 2.75) is 65.3 Å². The highest BCUT2D eigenvalue weighted by molar-refractivity contribution is 6.00. The van der Waals surface area contributed by atoms with E-state index in [1.165, 1.54) is 10.6 Å². The standard InChI is InChI=1S/C47H49N9O9/c1-4-48-44(61)42-52-51-41(34-22-33(27(2)3)38(57)23-39(34)58)56(42)32-14-12-30(13-15-32)46(63)54-20-18-53(19-21-54)45(62)29-10-8-28(9-11-29)26-65-47(64)49-36-7-5-6-31-24-55(25-35(31)36)37-16-17-40(59)50-43(37)60/h5-15,22-23,27,37,57-58H,4,16-21,24-26H2,1-3H3,(H,48,61)(H,49,64)(H,50,59,60). The number of aromatic nitrogens is 3. The molecular formula is C47H49N9O9. The summed E-state index contributed by atoms with van der Waals surface area (Å²) in [4.78, 5) is 82.5. The quantitative estimate of drug-likeness (QED) is 0.114. The number of hydrogen-bond donors (Lipinski definition) is 5. The van der Waals surface area contributed by atoms with Crippen molar-refractivity contribution in [3.05, 3.63) is 118 Å². The zero-order chi connectivity index (χ0) is 45.9. The van der Waals surface area contributed by atoms with Crippen LogP contribution in [0.3, 0.4) is 0 Å². The molecular weight excluding hydrogens is 835 g/mol. The third-order valence-corrected chi connectivity index (χ3v) is 11.9. The molecule has 65 heavy (non-hydrogen) atoms. The lowest BCUT2D eigenvalue weighted by Crippen LogP contribution is -2.50. The Hall–Kier alpha value is -7.60. The predicted molar refractivity (Wildman–Crippen MR) is 236 cm³/mol. The first-order valence-electron chi connectivity index (χ1n) is 21.5. The van der Waals surface area contributed by atoms with Crippen molar-refractivity contribution in [1.82, 2.24) is 40.1 Å². The number of nitrogens with one attached hydrogen (secondary N) is 3. The molecule has 0 bridgehead atoms. The van der Waals surface area contributed by atoms with Crippen LogP contribution in [0.5, 0.6) is 11.5 Å². The van der Waals surface area contributed by atoms with Gasteiger partial charge in [0.25, 0.3) is 17.7 Å². The summed E-state index contributed by atoms with van der Waals surface area (Å²) in [6.45, 7) is 8.10. The van der Waals surface area contributed by atoms with E-state index in [4.69, 9.17) is 4.74 Å². The number of fused-ring (bicyclic) bond motifs is 1. The highest BCUT2D eigenvalue weighted by Gasteiger charge is 2.36. The number of imide groups is 1. The second-order valence-electron chi connectivity index (χ2n) is 16.5. The lowest BCUT2D eigenvalue weighted by Gasteiger charge is -2.35. The lowest BCUT2D eigenvalue weighted by atomic mass is 9.98. The van der Waals surface area contributed by atoms with E-state index in [-0.39, 0.29) is 71.3 Å². The molecule has 2 saturated heterocycles. The molecule has 1 unspecified atom stereocenters. The van der Waals surface area contributed by atoms with Crippen LogP contribution >= 0.6 is 0 Å². The minimum absolute atomic E-state index is 0.0268. The zero-order valence-corrected chi connectivity index (χ0v) is 36.2. The molecule has 4 aromatic carbocycles. The fourth-order valence-electron chi connectivity index (χ4n) is 8.41. The van der Waals surface area contributed by atoms with Gasteiger partial charge in [-0.2, -0.15) is 0 Å². The molecule has 336 valence electrons. The largest absolute Gasteiger partial charge is 0.508 e. The van der Waals surface area contributed by atoms with Crippen molar-refractivity contribution in [1.29, 1.82) is 0 Å². The van der Waals surface area contributed by atoms with Crippen molar-refractivity contribution in [3.63, 3.8) is 0 Å². The average Bonchev–Trinajstić information content (AvgIpc) is 3.94. The Morgan fingerprint density at radius 2 is 1.51 bits per heavy atom. The Labute approximate surface area is 374 Å². The Bertz CT molecular complexity index is 2670. The van der Waals surface area contributed by atoms with E-state index in [0.29, 0.717) is 85.9 Å². The molecule has 5 N–H and O–H groups in total. The molecule has 0 saturated carbocycles. The van der Waals surface area contributed by atoms with Crippen molar-refractivity contribution in [2.75, 3.05) is 38.0 Å². The number of carbonyl (C=O) groups is 6. The summed E-state index contributed by atoms with van der Waals surface area (Å²) >= 11 is 0. The van der Waals surface area contributed by atoms with E-state index in [9.17, 15) is 39.0 Å². The van der Waals surface area contributed by atoms with E-state index in [2.05, 4.69) is 26.1 Å². The molecule has 18 heteroatoms. The fourth-order valence-corrected chi connectivity index (χ4v) is 8.41. The predicted octanol–water partition coefficient (Wildman–Crippen LogP) is 4.69. The highest BCUT2D eigenvalue weighted by atomic mass is 16.5. The van der Waals surface area contributed by atoms with E-state index in [1.807, 2.05) is 30.9 Å². The van der Waals surface area contributed by atoms with Crippen LogP contribution in [0, 0.1) is 0 Å². The van der Waals surface area contributed by atoms with E-state index < -0.39 is 18.0 Å². The molecule has 1 aromatic heterocycles.